The van der Waals surface area contributed by atoms with Gasteiger partial charge in [0.25, 0.3) is 5.91 Å². The molecule has 0 bridgehead atoms. The predicted octanol–water partition coefficient (Wildman–Crippen LogP) is 2.13. The van der Waals surface area contributed by atoms with Gasteiger partial charge in [-0.15, -0.1) is 0 Å². The molecule has 0 radical (unpaired) electrons. The molecule has 118 valence electrons. The molecule has 0 fully saturated rings. The maximum absolute atomic E-state index is 12.9. The summed E-state index contributed by atoms with van der Waals surface area (Å²) in [6.45, 7) is 4.68. The molecule has 6 nitrogen and oxygen atoms in total. The van der Waals surface area contributed by atoms with E-state index in [4.69, 9.17) is 0 Å². The standard InChI is InChI=1S/C17H18N4O2/c1-12-10-20(13(2)22)15-5-3-4-6-16(15)21(11-12)17(23)14-9-18-7-8-19-14/h3-9,12H,10-11H2,1-2H3/t12-/m1/s1. The summed E-state index contributed by atoms with van der Waals surface area (Å²) >= 11 is 0. The minimum absolute atomic E-state index is 0.0295. The molecule has 1 aromatic heterocycles. The second kappa shape index (κ2) is 6.16. The van der Waals surface area contributed by atoms with Crippen LogP contribution in [0.5, 0.6) is 0 Å². The van der Waals surface area contributed by atoms with Crippen LogP contribution in [0.3, 0.4) is 0 Å². The average Bonchev–Trinajstić information content (AvgIpc) is 2.72. The summed E-state index contributed by atoms with van der Waals surface area (Å²) in [7, 11) is 0. The number of benzene rings is 1. The van der Waals surface area contributed by atoms with E-state index in [0.717, 1.165) is 11.4 Å². The lowest BCUT2D eigenvalue weighted by Gasteiger charge is -2.24. The van der Waals surface area contributed by atoms with Gasteiger partial charge in [0.1, 0.15) is 5.69 Å². The number of hydrogen-bond donors (Lipinski definition) is 0. The number of carbonyl (C=O) groups excluding carboxylic acids is 2. The molecule has 3 rings (SSSR count). The number of aromatic nitrogens is 2. The first-order valence-electron chi connectivity index (χ1n) is 7.53. The van der Waals surface area contributed by atoms with Gasteiger partial charge >= 0.3 is 0 Å². The normalized spacial score (nSPS) is 17.4. The number of nitrogens with zero attached hydrogens (tertiary/aromatic N) is 4. The highest BCUT2D eigenvalue weighted by molar-refractivity contribution is 6.08. The van der Waals surface area contributed by atoms with Crippen LogP contribution in [0.15, 0.2) is 42.9 Å². The third-order valence-electron chi connectivity index (χ3n) is 3.86. The summed E-state index contributed by atoms with van der Waals surface area (Å²) in [6.07, 6.45) is 4.50. The van der Waals surface area contributed by atoms with E-state index < -0.39 is 0 Å². The molecule has 2 aromatic rings. The van der Waals surface area contributed by atoms with Gasteiger partial charge in [-0.3, -0.25) is 14.6 Å². The minimum atomic E-state index is -0.206. The van der Waals surface area contributed by atoms with Gasteiger partial charge in [-0.1, -0.05) is 19.1 Å². The molecule has 0 N–H and O–H groups in total. The third-order valence-corrected chi connectivity index (χ3v) is 3.86. The highest BCUT2D eigenvalue weighted by atomic mass is 16.2. The van der Waals surface area contributed by atoms with Crippen molar-refractivity contribution >= 4 is 23.2 Å². The first-order valence-corrected chi connectivity index (χ1v) is 7.53. The number of amides is 2. The molecule has 1 aliphatic rings. The number of para-hydroxylation sites is 2. The Morgan fingerprint density at radius 2 is 1.74 bits per heavy atom. The number of rotatable bonds is 1. The Bertz CT molecular complexity index is 732. The van der Waals surface area contributed by atoms with E-state index in [0.29, 0.717) is 18.8 Å². The minimum Gasteiger partial charge on any atom is -0.310 e. The zero-order valence-electron chi connectivity index (χ0n) is 13.1. The second-order valence-corrected chi connectivity index (χ2v) is 5.73. The summed E-state index contributed by atoms with van der Waals surface area (Å²) in [5, 5.41) is 0. The fourth-order valence-corrected chi connectivity index (χ4v) is 2.84. The van der Waals surface area contributed by atoms with E-state index in [1.807, 2.05) is 31.2 Å². The van der Waals surface area contributed by atoms with Crippen molar-refractivity contribution in [3.05, 3.63) is 48.5 Å². The molecule has 23 heavy (non-hydrogen) atoms. The highest BCUT2D eigenvalue weighted by Gasteiger charge is 2.30. The largest absolute Gasteiger partial charge is 0.310 e. The van der Waals surface area contributed by atoms with E-state index in [9.17, 15) is 9.59 Å². The van der Waals surface area contributed by atoms with E-state index in [1.54, 1.807) is 16.7 Å². The van der Waals surface area contributed by atoms with Crippen LogP contribution in [-0.2, 0) is 4.79 Å². The highest BCUT2D eigenvalue weighted by Crippen LogP contribution is 2.34. The summed E-state index contributed by atoms with van der Waals surface area (Å²) in [4.78, 5) is 36.3. The molecule has 2 amide bonds. The molecule has 0 spiro atoms. The van der Waals surface area contributed by atoms with Crippen LogP contribution in [-0.4, -0.2) is 34.9 Å². The third kappa shape index (κ3) is 2.92. The van der Waals surface area contributed by atoms with Gasteiger partial charge in [-0.2, -0.15) is 0 Å². The number of anilines is 2. The van der Waals surface area contributed by atoms with Gasteiger partial charge in [0.2, 0.25) is 5.91 Å². The number of fused-ring (bicyclic) bond motifs is 1. The molecule has 0 aliphatic carbocycles. The monoisotopic (exact) mass is 310 g/mol. The van der Waals surface area contributed by atoms with Crippen molar-refractivity contribution in [2.75, 3.05) is 22.9 Å². The van der Waals surface area contributed by atoms with E-state index in [-0.39, 0.29) is 17.7 Å². The van der Waals surface area contributed by atoms with Crippen LogP contribution in [0.2, 0.25) is 0 Å². The first-order chi connectivity index (χ1) is 11.1. The van der Waals surface area contributed by atoms with Crippen molar-refractivity contribution in [3.63, 3.8) is 0 Å². The van der Waals surface area contributed by atoms with Crippen molar-refractivity contribution in [1.29, 1.82) is 0 Å². The van der Waals surface area contributed by atoms with E-state index in [2.05, 4.69) is 9.97 Å². The lowest BCUT2D eigenvalue weighted by molar-refractivity contribution is -0.116. The summed E-state index contributed by atoms with van der Waals surface area (Å²) in [6, 6.07) is 7.46. The van der Waals surface area contributed by atoms with Crippen LogP contribution >= 0.6 is 0 Å². The van der Waals surface area contributed by atoms with Gasteiger partial charge in [0.05, 0.1) is 17.6 Å². The molecule has 1 aromatic carbocycles. The zero-order chi connectivity index (χ0) is 16.4. The van der Waals surface area contributed by atoms with Gasteiger partial charge in [-0.25, -0.2) is 4.98 Å². The molecule has 2 heterocycles. The fourth-order valence-electron chi connectivity index (χ4n) is 2.84. The lowest BCUT2D eigenvalue weighted by atomic mass is 10.1. The molecular weight excluding hydrogens is 292 g/mol. The first kappa shape index (κ1) is 15.1. The van der Waals surface area contributed by atoms with Crippen LogP contribution in [0, 0.1) is 5.92 Å². The van der Waals surface area contributed by atoms with Crippen molar-refractivity contribution in [2.24, 2.45) is 5.92 Å². The summed E-state index contributed by atoms with van der Waals surface area (Å²) in [5.41, 5.74) is 1.77. The Labute approximate surface area is 134 Å². The topological polar surface area (TPSA) is 66.4 Å². The Hall–Kier alpha value is -2.76. The SMILES string of the molecule is CC(=O)N1C[C@@H](C)CN(C(=O)c2cnccn2)c2ccccc21. The van der Waals surface area contributed by atoms with Gasteiger partial charge in [0, 0.05) is 32.4 Å². The fraction of sp³-hybridized carbons (Fsp3) is 0.294. The molecule has 1 atom stereocenters. The van der Waals surface area contributed by atoms with Crippen molar-refractivity contribution in [1.82, 2.24) is 9.97 Å². The lowest BCUT2D eigenvalue weighted by Crippen LogP contribution is -2.36. The van der Waals surface area contributed by atoms with Crippen LogP contribution in [0.25, 0.3) is 0 Å². The van der Waals surface area contributed by atoms with E-state index in [1.165, 1.54) is 18.6 Å². The molecule has 6 heteroatoms. The molecule has 0 saturated heterocycles. The summed E-state index contributed by atoms with van der Waals surface area (Å²) < 4.78 is 0. The van der Waals surface area contributed by atoms with Gasteiger partial charge < -0.3 is 9.80 Å². The maximum atomic E-state index is 12.9. The Morgan fingerprint density at radius 3 is 2.35 bits per heavy atom. The number of hydrogen-bond acceptors (Lipinski definition) is 4. The van der Waals surface area contributed by atoms with Crippen LogP contribution in [0.1, 0.15) is 24.3 Å². The van der Waals surface area contributed by atoms with Crippen molar-refractivity contribution in [2.45, 2.75) is 13.8 Å². The predicted molar refractivity (Wildman–Crippen MR) is 87.3 cm³/mol. The van der Waals surface area contributed by atoms with Crippen molar-refractivity contribution in [3.8, 4) is 0 Å². The zero-order valence-corrected chi connectivity index (χ0v) is 13.1. The molecule has 0 saturated carbocycles. The van der Waals surface area contributed by atoms with Gasteiger partial charge in [-0.05, 0) is 18.1 Å². The quantitative estimate of drug-likeness (QED) is 0.809. The molecule has 1 aliphatic heterocycles. The second-order valence-electron chi connectivity index (χ2n) is 5.73. The van der Waals surface area contributed by atoms with Crippen molar-refractivity contribution < 1.29 is 9.59 Å². The van der Waals surface area contributed by atoms with Crippen LogP contribution < -0.4 is 9.80 Å². The maximum Gasteiger partial charge on any atom is 0.278 e. The Balaban J connectivity index is 2.07. The Morgan fingerprint density at radius 1 is 1.09 bits per heavy atom. The smallest absolute Gasteiger partial charge is 0.278 e. The average molecular weight is 310 g/mol. The molecular formula is C17H18N4O2. The molecule has 0 unspecified atom stereocenters. The van der Waals surface area contributed by atoms with Gasteiger partial charge in [0.15, 0.2) is 0 Å². The summed E-state index contributed by atoms with van der Waals surface area (Å²) in [5.74, 6) is -0.0900. The van der Waals surface area contributed by atoms with Crippen LogP contribution in [0.4, 0.5) is 11.4 Å². The van der Waals surface area contributed by atoms with E-state index >= 15 is 0 Å². The number of carbonyl (C=O) groups is 2. The Kier molecular flexibility index (Phi) is 4.06.